The molecule has 33 heavy (non-hydrogen) atoms. The molecule has 3 aromatic rings. The van der Waals surface area contributed by atoms with Gasteiger partial charge in [-0.05, 0) is 48.4 Å². The van der Waals surface area contributed by atoms with E-state index in [9.17, 15) is 14.0 Å². The number of aryl methyl sites for hydroxylation is 1. The van der Waals surface area contributed by atoms with Gasteiger partial charge in [0.1, 0.15) is 18.1 Å². The van der Waals surface area contributed by atoms with Crippen molar-refractivity contribution in [2.75, 3.05) is 5.32 Å². The molecule has 0 aliphatic carbocycles. The molecule has 1 amide bonds. The maximum Gasteiger partial charge on any atom is 0.278 e. The van der Waals surface area contributed by atoms with E-state index in [1.807, 2.05) is 60.0 Å². The average Bonchev–Trinajstić information content (AvgIpc) is 3.10. The van der Waals surface area contributed by atoms with Crippen molar-refractivity contribution in [1.29, 1.82) is 0 Å². The standard InChI is InChI=1S/C26H21FN4O2/c1-17-6-5-9-20(12-17)28-24(32)16-31-26(33)22-15-30(14-18-7-3-2-4-8-18)23-11-10-19(27)13-21(23)25(22)29-31/h2-13,15H,14,16H2,1H3,(H,28,32). The van der Waals surface area contributed by atoms with Crippen LogP contribution in [0.4, 0.5) is 10.1 Å². The summed E-state index contributed by atoms with van der Waals surface area (Å²) in [5.41, 5.74) is 3.79. The fraction of sp³-hybridized carbons (Fsp3) is 0.115. The normalized spacial score (nSPS) is 11.2. The fourth-order valence-corrected chi connectivity index (χ4v) is 4.03. The van der Waals surface area contributed by atoms with Gasteiger partial charge < -0.3 is 9.88 Å². The van der Waals surface area contributed by atoms with Gasteiger partial charge in [0.2, 0.25) is 5.91 Å². The minimum atomic E-state index is -0.416. The quantitative estimate of drug-likeness (QED) is 0.439. The van der Waals surface area contributed by atoms with Crippen LogP contribution in [0.2, 0.25) is 0 Å². The summed E-state index contributed by atoms with van der Waals surface area (Å²) in [5.74, 6) is -0.779. The van der Waals surface area contributed by atoms with Gasteiger partial charge in [-0.15, -0.1) is 0 Å². The van der Waals surface area contributed by atoms with Crippen LogP contribution in [0.1, 0.15) is 11.1 Å². The predicted molar refractivity (Wildman–Crippen MR) is 126 cm³/mol. The first kappa shape index (κ1) is 20.6. The number of hydrogen-bond acceptors (Lipinski definition) is 3. The second-order valence-electron chi connectivity index (χ2n) is 8.05. The Kier molecular flexibility index (Phi) is 5.22. The Hall–Kier alpha value is -4.26. The lowest BCUT2D eigenvalue weighted by Gasteiger charge is -2.14. The van der Waals surface area contributed by atoms with Crippen LogP contribution in [0.25, 0.3) is 22.2 Å². The molecule has 0 bridgehead atoms. The van der Waals surface area contributed by atoms with Gasteiger partial charge in [-0.1, -0.05) is 42.5 Å². The van der Waals surface area contributed by atoms with Crippen molar-refractivity contribution < 1.29 is 9.18 Å². The van der Waals surface area contributed by atoms with E-state index >= 15 is 0 Å². The van der Waals surface area contributed by atoms with Crippen LogP contribution in [0.3, 0.4) is 0 Å². The van der Waals surface area contributed by atoms with Gasteiger partial charge in [0, 0.05) is 23.8 Å². The number of fused-ring (bicyclic) bond motifs is 3. The first-order valence-electron chi connectivity index (χ1n) is 10.6. The third-order valence-electron chi connectivity index (χ3n) is 5.54. The van der Waals surface area contributed by atoms with Crippen LogP contribution < -0.4 is 10.9 Å². The molecule has 164 valence electrons. The molecule has 3 aromatic carbocycles. The van der Waals surface area contributed by atoms with Gasteiger partial charge in [-0.3, -0.25) is 9.59 Å². The molecule has 0 saturated carbocycles. The van der Waals surface area contributed by atoms with Crippen molar-refractivity contribution in [3.05, 3.63) is 106 Å². The predicted octanol–water partition coefficient (Wildman–Crippen LogP) is 4.44. The van der Waals surface area contributed by atoms with E-state index in [0.717, 1.165) is 21.3 Å². The van der Waals surface area contributed by atoms with Crippen molar-refractivity contribution in [3.63, 3.8) is 0 Å². The molecule has 5 rings (SSSR count). The highest BCUT2D eigenvalue weighted by Gasteiger charge is 2.22. The number of hydrogen-bond donors (Lipinski definition) is 1. The third-order valence-corrected chi connectivity index (χ3v) is 5.54. The largest absolute Gasteiger partial charge is 0.342 e. The molecule has 2 aliphatic rings. The Balaban J connectivity index is 1.55. The average molecular weight is 440 g/mol. The number of pyridine rings is 1. The number of halogens is 1. The maximum atomic E-state index is 14.1. The summed E-state index contributed by atoms with van der Waals surface area (Å²) in [6.07, 6.45) is 1.73. The lowest BCUT2D eigenvalue weighted by atomic mass is 10.1. The minimum absolute atomic E-state index is 0.239. The molecule has 6 nitrogen and oxygen atoms in total. The number of carbonyl (C=O) groups excluding carboxylic acids is 1. The number of anilines is 1. The number of nitrogens with one attached hydrogen (secondary N) is 1. The third kappa shape index (κ3) is 4.13. The molecule has 7 heteroatoms. The lowest BCUT2D eigenvalue weighted by molar-refractivity contribution is -0.116. The van der Waals surface area contributed by atoms with E-state index < -0.39 is 11.4 Å². The highest BCUT2D eigenvalue weighted by Crippen LogP contribution is 2.28. The van der Waals surface area contributed by atoms with Gasteiger partial charge in [0.25, 0.3) is 5.56 Å². The van der Waals surface area contributed by atoms with Crippen LogP contribution in [0.15, 0.2) is 83.8 Å². The van der Waals surface area contributed by atoms with E-state index in [0.29, 0.717) is 28.9 Å². The summed E-state index contributed by atoms with van der Waals surface area (Å²) in [6.45, 7) is 2.20. The first-order valence-corrected chi connectivity index (χ1v) is 10.6. The topological polar surface area (TPSA) is 68.9 Å². The smallest absolute Gasteiger partial charge is 0.278 e. The minimum Gasteiger partial charge on any atom is -0.342 e. The summed E-state index contributed by atoms with van der Waals surface area (Å²) in [5, 5.41) is 7.71. The molecule has 0 spiro atoms. The molecule has 0 aromatic heterocycles. The molecular weight excluding hydrogens is 419 g/mol. The van der Waals surface area contributed by atoms with Gasteiger partial charge in [0.15, 0.2) is 0 Å². The molecule has 1 N–H and O–H groups in total. The molecule has 2 heterocycles. The lowest BCUT2D eigenvalue weighted by Crippen LogP contribution is -2.26. The molecular formula is C26H21FN4O2. The summed E-state index contributed by atoms with van der Waals surface area (Å²) >= 11 is 0. The molecule has 0 unspecified atom stereocenters. The number of amides is 1. The van der Waals surface area contributed by atoms with E-state index in [2.05, 4.69) is 10.4 Å². The van der Waals surface area contributed by atoms with E-state index in [4.69, 9.17) is 0 Å². The number of benzene rings is 3. The molecule has 2 aliphatic heterocycles. The van der Waals surface area contributed by atoms with Crippen LogP contribution in [0, 0.1) is 12.7 Å². The number of rotatable bonds is 5. The Labute approximate surface area is 189 Å². The summed E-state index contributed by atoms with van der Waals surface area (Å²) in [6, 6.07) is 21.7. The second kappa shape index (κ2) is 8.35. The number of aromatic nitrogens is 3. The highest BCUT2D eigenvalue weighted by atomic mass is 19.1. The van der Waals surface area contributed by atoms with Gasteiger partial charge in [-0.2, -0.15) is 5.10 Å². The zero-order valence-electron chi connectivity index (χ0n) is 18.0. The Morgan fingerprint density at radius 2 is 1.85 bits per heavy atom. The Bertz CT molecular complexity index is 1500. The van der Waals surface area contributed by atoms with E-state index in [1.54, 1.807) is 18.3 Å². The first-order chi connectivity index (χ1) is 16.0. The van der Waals surface area contributed by atoms with Gasteiger partial charge in [-0.25, -0.2) is 9.07 Å². The van der Waals surface area contributed by atoms with Crippen LogP contribution in [0.5, 0.6) is 0 Å². The van der Waals surface area contributed by atoms with Gasteiger partial charge >= 0.3 is 0 Å². The van der Waals surface area contributed by atoms with Crippen molar-refractivity contribution >= 4 is 22.5 Å². The Morgan fingerprint density at radius 1 is 1.03 bits per heavy atom. The van der Waals surface area contributed by atoms with Crippen molar-refractivity contribution in [2.24, 2.45) is 0 Å². The number of nitrogens with zero attached hydrogens (tertiary/aromatic N) is 3. The summed E-state index contributed by atoms with van der Waals surface area (Å²) in [7, 11) is 0. The SMILES string of the molecule is Cc1cccc(NC(=O)Cn2nc3c4cc(F)ccc4n(Cc4ccccc4)cc-3c2=O)c1. The van der Waals surface area contributed by atoms with E-state index in [-0.39, 0.29) is 12.5 Å². The number of carbonyl (C=O) groups is 1. The van der Waals surface area contributed by atoms with Crippen molar-refractivity contribution in [2.45, 2.75) is 20.0 Å². The molecule has 0 fully saturated rings. The van der Waals surface area contributed by atoms with Crippen LogP contribution in [-0.2, 0) is 17.9 Å². The molecule has 0 radical (unpaired) electrons. The zero-order chi connectivity index (χ0) is 22.9. The zero-order valence-corrected chi connectivity index (χ0v) is 18.0. The molecule has 0 atom stereocenters. The molecule has 0 saturated heterocycles. The van der Waals surface area contributed by atoms with Crippen molar-refractivity contribution in [3.8, 4) is 11.3 Å². The maximum absolute atomic E-state index is 14.1. The monoisotopic (exact) mass is 440 g/mol. The van der Waals surface area contributed by atoms with Crippen LogP contribution in [-0.4, -0.2) is 20.3 Å². The highest BCUT2D eigenvalue weighted by molar-refractivity contribution is 5.94. The van der Waals surface area contributed by atoms with Gasteiger partial charge in [0.05, 0.1) is 11.1 Å². The Morgan fingerprint density at radius 3 is 2.64 bits per heavy atom. The second-order valence-corrected chi connectivity index (χ2v) is 8.05. The summed E-state index contributed by atoms with van der Waals surface area (Å²) in [4.78, 5) is 25.7. The van der Waals surface area contributed by atoms with Crippen molar-refractivity contribution in [1.82, 2.24) is 14.3 Å². The summed E-state index contributed by atoms with van der Waals surface area (Å²) < 4.78 is 17.2. The fourth-order valence-electron chi connectivity index (χ4n) is 4.03. The van der Waals surface area contributed by atoms with E-state index in [1.165, 1.54) is 12.1 Å². The van der Waals surface area contributed by atoms with Crippen LogP contribution >= 0.6 is 0 Å².